The van der Waals surface area contributed by atoms with Crippen molar-refractivity contribution < 1.29 is 9.53 Å². The Balaban J connectivity index is 1.92. The van der Waals surface area contributed by atoms with Crippen LogP contribution < -0.4 is 4.90 Å². The number of amides is 1. The number of cyclic esters (lactones) is 1. The Hall–Kier alpha value is -2.60. The van der Waals surface area contributed by atoms with Crippen LogP contribution in [0.4, 0.5) is 9.80 Å². The second-order valence-corrected chi connectivity index (χ2v) is 6.20. The minimum Gasteiger partial charge on any atom is -0.447 e. The molecule has 5 rings (SSSR count). The van der Waals surface area contributed by atoms with E-state index < -0.39 is 0 Å². The van der Waals surface area contributed by atoms with Gasteiger partial charge in [0.05, 0.1) is 17.9 Å². The van der Waals surface area contributed by atoms with E-state index in [1.807, 2.05) is 30.5 Å². The van der Waals surface area contributed by atoms with Gasteiger partial charge in [-0.1, -0.05) is 18.2 Å². The highest BCUT2D eigenvalue weighted by Gasteiger charge is 2.36. The third-order valence-corrected chi connectivity index (χ3v) is 5.09. The Bertz CT molecular complexity index is 953. The van der Waals surface area contributed by atoms with Crippen molar-refractivity contribution in [1.82, 2.24) is 4.57 Å². The number of aromatic nitrogens is 1. The van der Waals surface area contributed by atoms with Crippen LogP contribution in [0.3, 0.4) is 0 Å². The first-order valence-electron chi connectivity index (χ1n) is 7.05. The van der Waals surface area contributed by atoms with E-state index in [1.54, 1.807) is 16.2 Å². The largest absolute Gasteiger partial charge is 0.447 e. The molecule has 4 heterocycles. The van der Waals surface area contributed by atoms with E-state index in [-0.39, 0.29) is 6.09 Å². The van der Waals surface area contributed by atoms with Gasteiger partial charge in [0.1, 0.15) is 11.6 Å². The molecule has 5 nitrogen and oxygen atoms in total. The van der Waals surface area contributed by atoms with Crippen molar-refractivity contribution >= 4 is 38.4 Å². The number of hydrogen-bond donors (Lipinski definition) is 0. The summed E-state index contributed by atoms with van der Waals surface area (Å²) in [7, 11) is 0. The molecular formula is C16H11N3O2S. The number of amidine groups is 1. The van der Waals surface area contributed by atoms with Crippen LogP contribution in [0.25, 0.3) is 15.8 Å². The van der Waals surface area contributed by atoms with Gasteiger partial charge in [-0.25, -0.2) is 9.69 Å². The van der Waals surface area contributed by atoms with Crippen molar-refractivity contribution in [2.75, 3.05) is 18.1 Å². The number of thiophene rings is 1. The minimum atomic E-state index is -0.350. The van der Waals surface area contributed by atoms with Crippen molar-refractivity contribution in [2.45, 2.75) is 0 Å². The fourth-order valence-electron chi connectivity index (χ4n) is 3.04. The Kier molecular flexibility index (Phi) is 2.29. The predicted molar refractivity (Wildman–Crippen MR) is 86.4 cm³/mol. The van der Waals surface area contributed by atoms with Crippen LogP contribution >= 0.6 is 11.3 Å². The lowest BCUT2D eigenvalue weighted by Gasteiger charge is -2.27. The molecule has 2 aliphatic rings. The van der Waals surface area contributed by atoms with Crippen LogP contribution in [0.2, 0.25) is 0 Å². The van der Waals surface area contributed by atoms with Crippen LogP contribution in [-0.4, -0.2) is 29.6 Å². The van der Waals surface area contributed by atoms with Gasteiger partial charge in [0.15, 0.2) is 5.84 Å². The zero-order valence-corrected chi connectivity index (χ0v) is 12.3. The molecule has 0 radical (unpaired) electrons. The van der Waals surface area contributed by atoms with Crippen LogP contribution in [0.5, 0.6) is 0 Å². The van der Waals surface area contributed by atoms with Gasteiger partial charge in [-0.3, -0.25) is 4.99 Å². The van der Waals surface area contributed by atoms with E-state index >= 15 is 0 Å². The van der Waals surface area contributed by atoms with Crippen molar-refractivity contribution in [2.24, 2.45) is 4.99 Å². The summed E-state index contributed by atoms with van der Waals surface area (Å²) in [5.41, 5.74) is 1.95. The molecule has 0 aliphatic carbocycles. The predicted octanol–water partition coefficient (Wildman–Crippen LogP) is 3.41. The van der Waals surface area contributed by atoms with E-state index in [1.165, 1.54) is 0 Å². The molecule has 0 fully saturated rings. The molecule has 6 heteroatoms. The molecule has 1 aromatic carbocycles. The average Bonchev–Trinajstić information content (AvgIpc) is 3.09. The molecular weight excluding hydrogens is 298 g/mol. The number of benzene rings is 1. The summed E-state index contributed by atoms with van der Waals surface area (Å²) < 4.78 is 8.54. The van der Waals surface area contributed by atoms with Crippen LogP contribution in [0.15, 0.2) is 47.6 Å². The maximum Gasteiger partial charge on any atom is 0.421 e. The van der Waals surface area contributed by atoms with E-state index in [0.29, 0.717) is 19.0 Å². The number of rotatable bonds is 0. The van der Waals surface area contributed by atoms with E-state index in [4.69, 9.17) is 4.74 Å². The van der Waals surface area contributed by atoms with Gasteiger partial charge in [-0.05, 0) is 18.2 Å². The fourth-order valence-corrected chi connectivity index (χ4v) is 4.23. The molecule has 0 atom stereocenters. The SMILES string of the molecule is O=C1OCCN=C2c3cccn3-c3c(sc4ccccc34)N12. The van der Waals surface area contributed by atoms with Gasteiger partial charge < -0.3 is 9.30 Å². The lowest BCUT2D eigenvalue weighted by molar-refractivity contribution is 0.162. The van der Waals surface area contributed by atoms with Crippen molar-refractivity contribution in [1.29, 1.82) is 0 Å². The summed E-state index contributed by atoms with van der Waals surface area (Å²) in [6, 6.07) is 12.1. The Morgan fingerprint density at radius 1 is 1.18 bits per heavy atom. The molecule has 0 spiro atoms. The lowest BCUT2D eigenvalue weighted by atomic mass is 10.2. The Morgan fingerprint density at radius 2 is 2.09 bits per heavy atom. The van der Waals surface area contributed by atoms with Crippen LogP contribution in [0.1, 0.15) is 5.69 Å². The molecule has 108 valence electrons. The van der Waals surface area contributed by atoms with Crippen molar-refractivity contribution in [3.8, 4) is 5.69 Å². The lowest BCUT2D eigenvalue weighted by Crippen LogP contribution is -2.40. The number of aliphatic imine (C=N–C) groups is 1. The van der Waals surface area contributed by atoms with Crippen molar-refractivity contribution in [3.63, 3.8) is 0 Å². The quantitative estimate of drug-likeness (QED) is 0.639. The number of hydrogen-bond acceptors (Lipinski definition) is 4. The molecule has 0 unspecified atom stereocenters. The zero-order chi connectivity index (χ0) is 14.7. The number of ether oxygens (including phenoxy) is 1. The van der Waals surface area contributed by atoms with E-state index in [2.05, 4.69) is 21.7 Å². The van der Waals surface area contributed by atoms with E-state index in [0.717, 1.165) is 26.5 Å². The Morgan fingerprint density at radius 3 is 3.05 bits per heavy atom. The van der Waals surface area contributed by atoms with Crippen LogP contribution in [0, 0.1) is 0 Å². The first-order chi connectivity index (χ1) is 10.8. The summed E-state index contributed by atoms with van der Waals surface area (Å²) in [5.74, 6) is 0.673. The topological polar surface area (TPSA) is 46.8 Å². The van der Waals surface area contributed by atoms with Crippen molar-refractivity contribution in [3.05, 3.63) is 48.3 Å². The van der Waals surface area contributed by atoms with Gasteiger partial charge in [0.25, 0.3) is 0 Å². The van der Waals surface area contributed by atoms with E-state index in [9.17, 15) is 4.79 Å². The summed E-state index contributed by atoms with van der Waals surface area (Å²) in [5, 5.41) is 2.01. The minimum absolute atomic E-state index is 0.319. The molecule has 0 saturated heterocycles. The second kappa shape index (κ2) is 4.20. The zero-order valence-electron chi connectivity index (χ0n) is 11.5. The molecule has 2 aliphatic heterocycles. The highest BCUT2D eigenvalue weighted by atomic mass is 32.1. The highest BCUT2D eigenvalue weighted by molar-refractivity contribution is 7.24. The maximum absolute atomic E-state index is 12.4. The van der Waals surface area contributed by atoms with Gasteiger partial charge in [0.2, 0.25) is 0 Å². The summed E-state index contributed by atoms with van der Waals surface area (Å²) in [6.45, 7) is 0.808. The highest BCUT2D eigenvalue weighted by Crippen LogP contribution is 2.45. The van der Waals surface area contributed by atoms with Gasteiger partial charge >= 0.3 is 6.09 Å². The first kappa shape index (κ1) is 12.0. The van der Waals surface area contributed by atoms with Crippen LogP contribution in [-0.2, 0) is 4.74 Å². The number of fused-ring (bicyclic) bond motifs is 8. The first-order valence-corrected chi connectivity index (χ1v) is 7.87. The third-order valence-electron chi connectivity index (χ3n) is 3.95. The second-order valence-electron chi connectivity index (χ2n) is 5.17. The fraction of sp³-hybridized carbons (Fsp3) is 0.125. The number of nitrogens with zero attached hydrogens (tertiary/aromatic N) is 3. The summed E-state index contributed by atoms with van der Waals surface area (Å²) in [6.07, 6.45) is 1.67. The molecule has 2 aromatic heterocycles. The number of carbonyl (C=O) groups is 1. The van der Waals surface area contributed by atoms with Gasteiger partial charge in [-0.15, -0.1) is 11.3 Å². The third kappa shape index (κ3) is 1.42. The molecule has 1 amide bonds. The average molecular weight is 309 g/mol. The maximum atomic E-state index is 12.4. The number of anilines is 1. The molecule has 0 saturated carbocycles. The van der Waals surface area contributed by atoms with Gasteiger partial charge in [-0.2, -0.15) is 0 Å². The molecule has 3 aromatic rings. The number of carbonyl (C=O) groups excluding carboxylic acids is 1. The molecule has 0 bridgehead atoms. The molecule has 22 heavy (non-hydrogen) atoms. The van der Waals surface area contributed by atoms with Gasteiger partial charge in [0, 0.05) is 16.3 Å². The Labute approximate surface area is 130 Å². The molecule has 0 N–H and O–H groups in total. The summed E-state index contributed by atoms with van der Waals surface area (Å²) >= 11 is 1.59. The normalized spacial score (nSPS) is 16.5. The monoisotopic (exact) mass is 309 g/mol. The summed E-state index contributed by atoms with van der Waals surface area (Å²) in [4.78, 5) is 18.6. The standard InChI is InChI=1S/C16H11N3O2S/c20-16-19-14(17-7-9-21-16)11-5-3-8-18(11)13-10-4-1-2-6-12(10)22-15(13)19/h1-6,8H,7,9H2. The smallest absolute Gasteiger partial charge is 0.421 e.